The van der Waals surface area contributed by atoms with Gasteiger partial charge in [0.05, 0.1) is 34.0 Å². The Labute approximate surface area is 244 Å². The van der Waals surface area contributed by atoms with E-state index in [1.165, 1.54) is 12.1 Å². The lowest BCUT2D eigenvalue weighted by molar-refractivity contribution is -0.143. The van der Waals surface area contributed by atoms with Gasteiger partial charge in [-0.25, -0.2) is 4.68 Å². The van der Waals surface area contributed by atoms with Crippen molar-refractivity contribution in [2.75, 3.05) is 6.61 Å². The van der Waals surface area contributed by atoms with Gasteiger partial charge >= 0.3 is 12.4 Å². The smallest absolute Gasteiger partial charge is 0.396 e. The van der Waals surface area contributed by atoms with E-state index in [9.17, 15) is 36.2 Å². The zero-order valence-corrected chi connectivity index (χ0v) is 22.5. The van der Waals surface area contributed by atoms with E-state index < -0.39 is 35.8 Å². The van der Waals surface area contributed by atoms with Crippen molar-refractivity contribution in [3.63, 3.8) is 0 Å². The Morgan fingerprint density at radius 1 is 0.907 bits per heavy atom. The van der Waals surface area contributed by atoms with Crippen molar-refractivity contribution in [3.05, 3.63) is 111 Å². The van der Waals surface area contributed by atoms with Crippen molar-refractivity contribution in [2.45, 2.75) is 25.3 Å². The molecule has 0 unspecified atom stereocenters. The van der Waals surface area contributed by atoms with Crippen molar-refractivity contribution in [1.82, 2.24) is 20.2 Å². The summed E-state index contributed by atoms with van der Waals surface area (Å²) in [4.78, 5) is 13.7. The van der Waals surface area contributed by atoms with E-state index in [-0.39, 0.29) is 63.6 Å². The van der Waals surface area contributed by atoms with Crippen molar-refractivity contribution < 1.29 is 40.8 Å². The molecule has 2 aromatic heterocycles. The number of carbonyl (C=O) groups excluding carboxylic acids is 1. The van der Waals surface area contributed by atoms with Gasteiger partial charge in [0.2, 0.25) is 5.76 Å². The Bertz CT molecular complexity index is 1750. The predicted octanol–water partition coefficient (Wildman–Crippen LogP) is 7.11. The summed E-state index contributed by atoms with van der Waals surface area (Å²) in [5.74, 6) is -0.773. The molecule has 0 atom stereocenters. The molecule has 5 aromatic rings. The largest absolute Gasteiger partial charge is 0.416 e. The highest BCUT2D eigenvalue weighted by atomic mass is 35.5. The number of hydrogen-bond donors (Lipinski definition) is 1. The number of aromatic nitrogens is 4. The molecule has 7 nitrogen and oxygen atoms in total. The monoisotopic (exact) mass is 620 g/mol. The molecule has 0 spiro atoms. The number of nitrogens with zero attached hydrogens (tertiary/aromatic N) is 4. The summed E-state index contributed by atoms with van der Waals surface area (Å²) in [7, 11) is 0. The quantitative estimate of drug-likeness (QED) is 0.147. The first-order valence-electron chi connectivity index (χ1n) is 12.5. The van der Waals surface area contributed by atoms with Crippen LogP contribution in [0.5, 0.6) is 0 Å². The number of aliphatic hydroxyl groups is 1. The molecule has 0 aliphatic carbocycles. The lowest BCUT2D eigenvalue weighted by atomic mass is 9.97. The van der Waals surface area contributed by atoms with Crippen molar-refractivity contribution in [3.8, 4) is 22.7 Å². The molecule has 0 radical (unpaired) electrons. The number of aliphatic hydroxyl groups excluding tert-OH is 1. The fourth-order valence-corrected chi connectivity index (χ4v) is 4.74. The Hall–Kier alpha value is -4.49. The number of ketones is 1. The minimum atomic E-state index is -5.04. The summed E-state index contributed by atoms with van der Waals surface area (Å²) in [6.45, 7) is -0.931. The van der Waals surface area contributed by atoms with Crippen molar-refractivity contribution >= 4 is 17.4 Å². The maximum Gasteiger partial charge on any atom is 0.416 e. The van der Waals surface area contributed by atoms with Crippen LogP contribution in [0.25, 0.3) is 22.7 Å². The van der Waals surface area contributed by atoms with E-state index in [2.05, 4.69) is 15.5 Å². The van der Waals surface area contributed by atoms with Crippen LogP contribution < -0.4 is 0 Å². The molecule has 2 heterocycles. The second kappa shape index (κ2) is 11.7. The summed E-state index contributed by atoms with van der Waals surface area (Å²) < 4.78 is 87.7. The van der Waals surface area contributed by atoms with Gasteiger partial charge < -0.3 is 9.63 Å². The molecule has 14 heteroatoms. The van der Waals surface area contributed by atoms with Crippen LogP contribution in [0.1, 0.15) is 38.3 Å². The molecular formula is C29H19ClF6N4O3. The topological polar surface area (TPSA) is 94.0 Å². The highest BCUT2D eigenvalue weighted by molar-refractivity contribution is 6.35. The number of hydrogen-bond acceptors (Lipinski definition) is 6. The molecule has 0 saturated heterocycles. The number of carbonyl (C=O) groups is 1. The van der Waals surface area contributed by atoms with E-state index in [4.69, 9.17) is 16.1 Å². The second-order valence-corrected chi connectivity index (χ2v) is 9.75. The fourth-order valence-electron chi connectivity index (χ4n) is 4.52. The van der Waals surface area contributed by atoms with Crippen LogP contribution in [0.3, 0.4) is 0 Å². The van der Waals surface area contributed by atoms with Gasteiger partial charge in [-0.15, -0.1) is 5.10 Å². The molecule has 0 fully saturated rings. The van der Waals surface area contributed by atoms with Gasteiger partial charge in [0, 0.05) is 24.2 Å². The highest BCUT2D eigenvalue weighted by Crippen LogP contribution is 2.38. The van der Waals surface area contributed by atoms with E-state index >= 15 is 0 Å². The minimum absolute atomic E-state index is 0.0399. The predicted molar refractivity (Wildman–Crippen MR) is 142 cm³/mol. The zero-order valence-electron chi connectivity index (χ0n) is 21.7. The Morgan fingerprint density at radius 3 is 2.14 bits per heavy atom. The lowest BCUT2D eigenvalue weighted by Crippen LogP contribution is -2.13. The van der Waals surface area contributed by atoms with Gasteiger partial charge in [0.15, 0.2) is 11.5 Å². The molecule has 0 amide bonds. The first-order chi connectivity index (χ1) is 20.4. The lowest BCUT2D eigenvalue weighted by Gasteiger charge is -2.15. The normalized spacial score (nSPS) is 12.1. The van der Waals surface area contributed by atoms with Crippen molar-refractivity contribution in [1.29, 1.82) is 0 Å². The molecule has 1 N–H and O–H groups in total. The van der Waals surface area contributed by atoms with Crippen LogP contribution in [0.2, 0.25) is 5.02 Å². The van der Waals surface area contributed by atoms with Crippen LogP contribution in [-0.4, -0.2) is 37.6 Å². The van der Waals surface area contributed by atoms with E-state index in [0.29, 0.717) is 17.7 Å². The summed E-state index contributed by atoms with van der Waals surface area (Å²) in [5, 5.41) is 21.8. The Balaban J connectivity index is 1.69. The third-order valence-electron chi connectivity index (χ3n) is 6.43. The van der Waals surface area contributed by atoms with Crippen LogP contribution in [-0.2, 0) is 25.3 Å². The summed E-state index contributed by atoms with van der Waals surface area (Å²) in [6, 6.07) is 15.7. The Kier molecular flexibility index (Phi) is 8.12. The summed E-state index contributed by atoms with van der Waals surface area (Å²) in [5.41, 5.74) is -2.69. The average Bonchev–Trinajstić information content (AvgIpc) is 3.56. The first kappa shape index (κ1) is 30.0. The maximum atomic E-state index is 13.7. The second-order valence-electron chi connectivity index (χ2n) is 9.34. The van der Waals surface area contributed by atoms with Gasteiger partial charge in [-0.3, -0.25) is 4.79 Å². The van der Waals surface area contributed by atoms with Gasteiger partial charge in [-0.2, -0.15) is 26.3 Å². The number of halogens is 7. The first-order valence-corrected chi connectivity index (χ1v) is 12.9. The van der Waals surface area contributed by atoms with Crippen LogP contribution in [0.4, 0.5) is 26.3 Å². The standard InChI is InChI=1S/C29H19ClF6N4O3/c30-21-9-5-4-8-20(21)26(42)23-22(10-11-41)38-43-27(23)24-25(17-6-2-1-3-7-17)40(39-37-24)15-16-12-18(28(31,32)33)14-19(13-16)29(34,35)36/h1-9,12-14,41H,10-11,15H2. The zero-order chi connectivity index (χ0) is 30.9. The molecule has 43 heavy (non-hydrogen) atoms. The van der Waals surface area contributed by atoms with Gasteiger partial charge in [0.25, 0.3) is 0 Å². The summed E-state index contributed by atoms with van der Waals surface area (Å²) in [6.07, 6.45) is -10.2. The number of rotatable bonds is 8. The SMILES string of the molecule is O=C(c1ccccc1Cl)c1c(CCO)noc1-c1nnn(Cc2cc(C(F)(F)F)cc(C(F)(F)F)c2)c1-c1ccccc1. The third kappa shape index (κ3) is 6.18. The maximum absolute atomic E-state index is 13.7. The van der Waals surface area contributed by atoms with Crippen molar-refractivity contribution in [2.24, 2.45) is 0 Å². The van der Waals surface area contributed by atoms with Crippen LogP contribution in [0, 0.1) is 0 Å². The van der Waals surface area contributed by atoms with E-state index in [0.717, 1.165) is 4.68 Å². The molecule has 0 aliphatic heterocycles. The van der Waals surface area contributed by atoms with Gasteiger partial charge in [-0.1, -0.05) is 64.4 Å². The number of benzene rings is 3. The van der Waals surface area contributed by atoms with Crippen LogP contribution >= 0.6 is 11.6 Å². The molecule has 222 valence electrons. The van der Waals surface area contributed by atoms with E-state index in [1.54, 1.807) is 42.5 Å². The van der Waals surface area contributed by atoms with Gasteiger partial charge in [-0.05, 0) is 35.9 Å². The summed E-state index contributed by atoms with van der Waals surface area (Å²) >= 11 is 6.26. The minimum Gasteiger partial charge on any atom is -0.396 e. The molecule has 5 rings (SSSR count). The van der Waals surface area contributed by atoms with Gasteiger partial charge in [0.1, 0.15) is 5.69 Å². The third-order valence-corrected chi connectivity index (χ3v) is 6.76. The highest BCUT2D eigenvalue weighted by Gasteiger charge is 2.37. The Morgan fingerprint density at radius 2 is 1.53 bits per heavy atom. The molecule has 3 aromatic carbocycles. The fraction of sp³-hybridized carbons (Fsp3) is 0.172. The number of alkyl halides is 6. The van der Waals surface area contributed by atoms with E-state index in [1.807, 2.05) is 0 Å². The van der Waals surface area contributed by atoms with Crippen LogP contribution in [0.15, 0.2) is 77.3 Å². The molecular weight excluding hydrogens is 602 g/mol. The molecule has 0 aliphatic rings. The molecule has 0 saturated carbocycles. The average molecular weight is 621 g/mol. The molecule has 0 bridgehead atoms.